The molecule has 1 heterocycles. The lowest BCUT2D eigenvalue weighted by Crippen LogP contribution is -2.02. The Morgan fingerprint density at radius 3 is 2.67 bits per heavy atom. The minimum absolute atomic E-state index is 0.356. The highest BCUT2D eigenvalue weighted by Gasteiger charge is 2.09. The number of rotatable bonds is 7. The highest BCUT2D eigenvalue weighted by Crippen LogP contribution is 2.24. The van der Waals surface area contributed by atoms with Crippen molar-refractivity contribution in [1.82, 2.24) is 4.98 Å². The number of hydrogen-bond acceptors (Lipinski definition) is 3. The zero-order valence-corrected chi connectivity index (χ0v) is 11.9. The third-order valence-corrected chi connectivity index (χ3v) is 3.15. The molecule has 3 heteroatoms. The molecule has 0 bridgehead atoms. The molecule has 0 N–H and O–H groups in total. The van der Waals surface area contributed by atoms with Gasteiger partial charge in [-0.2, -0.15) is 0 Å². The maximum absolute atomic E-state index is 11.5. The zero-order valence-electron chi connectivity index (χ0n) is 11.9. The van der Waals surface area contributed by atoms with Crippen LogP contribution in [-0.2, 0) is 11.2 Å². The van der Waals surface area contributed by atoms with E-state index in [0.717, 1.165) is 41.8 Å². The van der Waals surface area contributed by atoms with Crippen LogP contribution >= 0.6 is 0 Å². The number of Topliss-reactive ketones (excluding diaryl/α,β-unsaturated/α-hetero) is 1. The number of aryl methyl sites for hydroxylation is 2. The molecule has 0 aliphatic heterocycles. The molecular weight excluding hydrogens is 226 g/mol. The SMILES string of the molecule is CCCC(=O)CCCc1ncc(C)c(OC)c1C. The number of ketones is 1. The topological polar surface area (TPSA) is 39.2 Å². The molecule has 1 aromatic rings. The van der Waals surface area contributed by atoms with E-state index in [9.17, 15) is 4.79 Å². The predicted molar refractivity (Wildman–Crippen MR) is 73.1 cm³/mol. The quantitative estimate of drug-likeness (QED) is 0.743. The fraction of sp³-hybridized carbons (Fsp3) is 0.600. The van der Waals surface area contributed by atoms with Gasteiger partial charge in [-0.1, -0.05) is 6.92 Å². The monoisotopic (exact) mass is 249 g/mol. The summed E-state index contributed by atoms with van der Waals surface area (Å²) in [5.74, 6) is 1.27. The number of aromatic nitrogens is 1. The van der Waals surface area contributed by atoms with Crippen LogP contribution in [0.5, 0.6) is 5.75 Å². The zero-order chi connectivity index (χ0) is 13.5. The van der Waals surface area contributed by atoms with Gasteiger partial charge in [-0.15, -0.1) is 0 Å². The number of ether oxygens (including phenoxy) is 1. The molecule has 3 nitrogen and oxygen atoms in total. The Kier molecular flexibility index (Phi) is 5.83. The van der Waals surface area contributed by atoms with Crippen LogP contribution in [0.3, 0.4) is 0 Å². The van der Waals surface area contributed by atoms with Gasteiger partial charge in [0.25, 0.3) is 0 Å². The van der Waals surface area contributed by atoms with E-state index >= 15 is 0 Å². The van der Waals surface area contributed by atoms with E-state index in [2.05, 4.69) is 4.98 Å². The van der Waals surface area contributed by atoms with Gasteiger partial charge in [-0.25, -0.2) is 0 Å². The van der Waals surface area contributed by atoms with Gasteiger partial charge in [-0.05, 0) is 33.1 Å². The summed E-state index contributed by atoms with van der Waals surface area (Å²) in [5.41, 5.74) is 3.20. The Balaban J connectivity index is 2.60. The first-order valence-electron chi connectivity index (χ1n) is 6.60. The molecule has 0 fully saturated rings. The normalized spacial score (nSPS) is 10.4. The number of nitrogens with zero attached hydrogens (tertiary/aromatic N) is 1. The second-order valence-electron chi connectivity index (χ2n) is 4.69. The summed E-state index contributed by atoms with van der Waals surface area (Å²) in [6.45, 7) is 6.06. The molecule has 100 valence electrons. The predicted octanol–water partition coefficient (Wildman–Crippen LogP) is 3.40. The Bertz CT molecular complexity index is 413. The molecule has 0 amide bonds. The van der Waals surface area contributed by atoms with E-state index in [1.165, 1.54) is 0 Å². The van der Waals surface area contributed by atoms with E-state index in [1.807, 2.05) is 27.0 Å². The molecule has 0 aliphatic carbocycles. The molecule has 0 saturated carbocycles. The number of hydrogen-bond donors (Lipinski definition) is 0. The van der Waals surface area contributed by atoms with Crippen LogP contribution < -0.4 is 4.74 Å². The third kappa shape index (κ3) is 3.83. The van der Waals surface area contributed by atoms with Gasteiger partial charge in [0, 0.05) is 35.9 Å². The van der Waals surface area contributed by atoms with Crippen molar-refractivity contribution in [2.24, 2.45) is 0 Å². The van der Waals surface area contributed by atoms with Gasteiger partial charge >= 0.3 is 0 Å². The minimum atomic E-state index is 0.356. The fourth-order valence-corrected chi connectivity index (χ4v) is 2.18. The van der Waals surface area contributed by atoms with Crippen molar-refractivity contribution in [1.29, 1.82) is 0 Å². The minimum Gasteiger partial charge on any atom is -0.496 e. The van der Waals surface area contributed by atoms with Crippen LogP contribution in [0, 0.1) is 13.8 Å². The van der Waals surface area contributed by atoms with E-state index in [1.54, 1.807) is 7.11 Å². The molecule has 0 atom stereocenters. The second-order valence-corrected chi connectivity index (χ2v) is 4.69. The maximum Gasteiger partial charge on any atom is 0.132 e. The summed E-state index contributed by atoms with van der Waals surface area (Å²) in [6.07, 6.45) is 5.86. The second kappa shape index (κ2) is 7.14. The van der Waals surface area contributed by atoms with Crippen LogP contribution in [0.15, 0.2) is 6.20 Å². The van der Waals surface area contributed by atoms with Crippen LogP contribution in [0.2, 0.25) is 0 Å². The first kappa shape index (κ1) is 14.7. The number of pyridine rings is 1. The fourth-order valence-electron chi connectivity index (χ4n) is 2.18. The summed E-state index contributed by atoms with van der Waals surface area (Å²) in [4.78, 5) is 15.9. The van der Waals surface area contributed by atoms with Crippen molar-refractivity contribution < 1.29 is 9.53 Å². The Labute approximate surface area is 110 Å². The summed E-state index contributed by atoms with van der Waals surface area (Å²) < 4.78 is 5.38. The van der Waals surface area contributed by atoms with Crippen LogP contribution in [0.25, 0.3) is 0 Å². The molecule has 0 aromatic carbocycles. The Hall–Kier alpha value is -1.38. The van der Waals surface area contributed by atoms with Gasteiger partial charge in [0.1, 0.15) is 11.5 Å². The number of carbonyl (C=O) groups excluding carboxylic acids is 1. The molecular formula is C15H23NO2. The average molecular weight is 249 g/mol. The van der Waals surface area contributed by atoms with Gasteiger partial charge in [-0.3, -0.25) is 9.78 Å². The van der Waals surface area contributed by atoms with E-state index in [-0.39, 0.29) is 0 Å². The van der Waals surface area contributed by atoms with Crippen LogP contribution in [-0.4, -0.2) is 17.9 Å². The van der Waals surface area contributed by atoms with E-state index in [4.69, 9.17) is 4.74 Å². The summed E-state index contributed by atoms with van der Waals surface area (Å²) in [6, 6.07) is 0. The number of carbonyl (C=O) groups is 1. The van der Waals surface area contributed by atoms with Gasteiger partial charge < -0.3 is 4.74 Å². The lowest BCUT2D eigenvalue weighted by Gasteiger charge is -2.11. The van der Waals surface area contributed by atoms with Crippen molar-refractivity contribution in [2.45, 2.75) is 52.9 Å². The number of methoxy groups -OCH3 is 1. The summed E-state index contributed by atoms with van der Waals surface area (Å²) in [5, 5.41) is 0. The van der Waals surface area contributed by atoms with Crippen molar-refractivity contribution in [3.05, 3.63) is 23.0 Å². The van der Waals surface area contributed by atoms with Crippen molar-refractivity contribution in [2.75, 3.05) is 7.11 Å². The average Bonchev–Trinajstić information content (AvgIpc) is 2.33. The lowest BCUT2D eigenvalue weighted by molar-refractivity contribution is -0.119. The van der Waals surface area contributed by atoms with Crippen LogP contribution in [0.4, 0.5) is 0 Å². The van der Waals surface area contributed by atoms with E-state index < -0.39 is 0 Å². The van der Waals surface area contributed by atoms with Gasteiger partial charge in [0.2, 0.25) is 0 Å². The third-order valence-electron chi connectivity index (χ3n) is 3.15. The van der Waals surface area contributed by atoms with Crippen molar-refractivity contribution >= 4 is 5.78 Å². The first-order valence-corrected chi connectivity index (χ1v) is 6.60. The Morgan fingerprint density at radius 2 is 2.06 bits per heavy atom. The molecule has 0 unspecified atom stereocenters. The maximum atomic E-state index is 11.5. The van der Waals surface area contributed by atoms with Gasteiger partial charge in [0.15, 0.2) is 0 Å². The van der Waals surface area contributed by atoms with Crippen molar-refractivity contribution in [3.8, 4) is 5.75 Å². The highest BCUT2D eigenvalue weighted by molar-refractivity contribution is 5.78. The van der Waals surface area contributed by atoms with Crippen LogP contribution in [0.1, 0.15) is 49.4 Å². The summed E-state index contributed by atoms with van der Waals surface area (Å²) >= 11 is 0. The molecule has 0 radical (unpaired) electrons. The van der Waals surface area contributed by atoms with E-state index in [0.29, 0.717) is 18.6 Å². The van der Waals surface area contributed by atoms with Gasteiger partial charge in [0.05, 0.1) is 7.11 Å². The highest BCUT2D eigenvalue weighted by atomic mass is 16.5. The van der Waals surface area contributed by atoms with Crippen molar-refractivity contribution in [3.63, 3.8) is 0 Å². The molecule has 18 heavy (non-hydrogen) atoms. The molecule has 0 saturated heterocycles. The molecule has 0 aliphatic rings. The lowest BCUT2D eigenvalue weighted by atomic mass is 10.0. The molecule has 0 spiro atoms. The Morgan fingerprint density at radius 1 is 1.33 bits per heavy atom. The standard InChI is InChI=1S/C15H23NO2/c1-5-7-13(17)8-6-9-14-12(3)15(18-4)11(2)10-16-14/h10H,5-9H2,1-4H3. The largest absolute Gasteiger partial charge is 0.496 e. The summed E-state index contributed by atoms with van der Waals surface area (Å²) in [7, 11) is 1.68. The first-order chi connectivity index (χ1) is 8.60. The molecule has 1 aromatic heterocycles. The molecule has 1 rings (SSSR count). The smallest absolute Gasteiger partial charge is 0.132 e.